The van der Waals surface area contributed by atoms with Crippen molar-refractivity contribution in [3.05, 3.63) is 33.7 Å². The lowest BCUT2D eigenvalue weighted by Crippen LogP contribution is -2.27. The van der Waals surface area contributed by atoms with Gasteiger partial charge < -0.3 is 9.67 Å². The summed E-state index contributed by atoms with van der Waals surface area (Å²) in [6, 6.07) is 1.65. The van der Waals surface area contributed by atoms with Crippen LogP contribution in [0.15, 0.2) is 17.1 Å². The molecular formula is C10H13NO3. The number of carboxylic acids is 1. The van der Waals surface area contributed by atoms with Gasteiger partial charge in [-0.15, -0.1) is 0 Å². The van der Waals surface area contributed by atoms with Crippen molar-refractivity contribution < 1.29 is 9.90 Å². The molecule has 1 heterocycles. The first-order chi connectivity index (χ1) is 6.57. The van der Waals surface area contributed by atoms with Gasteiger partial charge in [-0.2, -0.15) is 0 Å². The van der Waals surface area contributed by atoms with E-state index < -0.39 is 11.5 Å². The van der Waals surface area contributed by atoms with E-state index in [4.69, 9.17) is 5.11 Å². The van der Waals surface area contributed by atoms with Crippen LogP contribution < -0.4 is 5.56 Å². The summed E-state index contributed by atoms with van der Waals surface area (Å²) in [5.74, 6) is -1.15. The average molecular weight is 195 g/mol. The number of aromatic nitrogens is 1. The molecule has 0 aliphatic carbocycles. The zero-order chi connectivity index (χ0) is 10.7. The predicted molar refractivity (Wildman–Crippen MR) is 52.7 cm³/mol. The monoisotopic (exact) mass is 195 g/mol. The van der Waals surface area contributed by atoms with Crippen LogP contribution in [-0.2, 0) is 6.54 Å². The van der Waals surface area contributed by atoms with E-state index in [0.717, 1.165) is 6.42 Å². The van der Waals surface area contributed by atoms with Gasteiger partial charge in [0.15, 0.2) is 0 Å². The molecule has 0 aliphatic rings. The summed E-state index contributed by atoms with van der Waals surface area (Å²) in [5.41, 5.74) is -0.0323. The molecule has 0 bridgehead atoms. The zero-order valence-electron chi connectivity index (χ0n) is 8.28. The van der Waals surface area contributed by atoms with E-state index in [0.29, 0.717) is 12.1 Å². The van der Waals surface area contributed by atoms with Crippen LogP contribution in [0.2, 0.25) is 0 Å². The molecule has 0 spiro atoms. The molecule has 4 nitrogen and oxygen atoms in total. The van der Waals surface area contributed by atoms with Gasteiger partial charge in [-0.25, -0.2) is 4.79 Å². The van der Waals surface area contributed by atoms with Crippen molar-refractivity contribution in [3.63, 3.8) is 0 Å². The standard InChI is InChI=1S/C10H13NO3/c1-3-5-11-6-4-7(2)8(9(11)12)10(13)14/h4,6H,3,5H2,1-2H3,(H,13,14). The first kappa shape index (κ1) is 10.5. The van der Waals surface area contributed by atoms with E-state index in [1.165, 1.54) is 4.57 Å². The number of pyridine rings is 1. The molecular weight excluding hydrogens is 182 g/mol. The van der Waals surface area contributed by atoms with E-state index >= 15 is 0 Å². The molecule has 1 aromatic heterocycles. The minimum atomic E-state index is -1.15. The molecule has 0 aliphatic heterocycles. The maximum atomic E-state index is 11.6. The summed E-state index contributed by atoms with van der Waals surface area (Å²) >= 11 is 0. The Morgan fingerprint density at radius 2 is 2.21 bits per heavy atom. The molecule has 1 aromatic rings. The molecule has 0 saturated carbocycles. The van der Waals surface area contributed by atoms with E-state index in [1.807, 2.05) is 6.92 Å². The van der Waals surface area contributed by atoms with Crippen molar-refractivity contribution in [1.29, 1.82) is 0 Å². The first-order valence-corrected chi connectivity index (χ1v) is 4.51. The minimum Gasteiger partial charge on any atom is -0.477 e. The second kappa shape index (κ2) is 4.09. The van der Waals surface area contributed by atoms with Gasteiger partial charge in [0.25, 0.3) is 5.56 Å². The lowest BCUT2D eigenvalue weighted by atomic mass is 10.1. The second-order valence-electron chi connectivity index (χ2n) is 3.18. The van der Waals surface area contributed by atoms with Gasteiger partial charge in [-0.05, 0) is 25.0 Å². The highest BCUT2D eigenvalue weighted by atomic mass is 16.4. The maximum absolute atomic E-state index is 11.6. The topological polar surface area (TPSA) is 59.3 Å². The average Bonchev–Trinajstić information content (AvgIpc) is 2.10. The number of rotatable bonds is 3. The summed E-state index contributed by atoms with van der Waals surface area (Å²) < 4.78 is 1.43. The van der Waals surface area contributed by atoms with Crippen molar-refractivity contribution in [2.24, 2.45) is 0 Å². The largest absolute Gasteiger partial charge is 0.477 e. The number of aryl methyl sites for hydroxylation is 2. The van der Waals surface area contributed by atoms with E-state index in [2.05, 4.69) is 0 Å². The van der Waals surface area contributed by atoms with Crippen LogP contribution in [0.25, 0.3) is 0 Å². The van der Waals surface area contributed by atoms with Crippen molar-refractivity contribution >= 4 is 5.97 Å². The van der Waals surface area contributed by atoms with E-state index in [-0.39, 0.29) is 5.56 Å². The molecule has 76 valence electrons. The lowest BCUT2D eigenvalue weighted by molar-refractivity contribution is 0.0693. The Hall–Kier alpha value is -1.58. The number of hydrogen-bond acceptors (Lipinski definition) is 2. The number of carboxylic acid groups (broad SMARTS) is 1. The van der Waals surface area contributed by atoms with Gasteiger partial charge in [0.2, 0.25) is 0 Å². The summed E-state index contributed by atoms with van der Waals surface area (Å²) in [6.45, 7) is 4.12. The number of aromatic carboxylic acids is 1. The lowest BCUT2D eigenvalue weighted by Gasteiger charge is -2.06. The Morgan fingerprint density at radius 3 is 2.71 bits per heavy atom. The molecule has 0 amide bonds. The summed E-state index contributed by atoms with van der Waals surface area (Å²) in [4.78, 5) is 22.4. The highest BCUT2D eigenvalue weighted by molar-refractivity contribution is 5.88. The number of carbonyl (C=O) groups is 1. The van der Waals surface area contributed by atoms with Crippen molar-refractivity contribution in [1.82, 2.24) is 4.57 Å². The first-order valence-electron chi connectivity index (χ1n) is 4.51. The fraction of sp³-hybridized carbons (Fsp3) is 0.400. The molecule has 0 fully saturated rings. The third-order valence-corrected chi connectivity index (χ3v) is 2.05. The third kappa shape index (κ3) is 1.84. The maximum Gasteiger partial charge on any atom is 0.341 e. The molecule has 1 rings (SSSR count). The van der Waals surface area contributed by atoms with Crippen LogP contribution in [0.5, 0.6) is 0 Å². The van der Waals surface area contributed by atoms with Crippen molar-refractivity contribution in [3.8, 4) is 0 Å². The fourth-order valence-corrected chi connectivity index (χ4v) is 1.34. The van der Waals surface area contributed by atoms with Crippen molar-refractivity contribution in [2.75, 3.05) is 0 Å². The Labute approximate surface area is 81.8 Å². The van der Waals surface area contributed by atoms with E-state index in [1.54, 1.807) is 19.2 Å². The summed E-state index contributed by atoms with van der Waals surface area (Å²) in [6.07, 6.45) is 2.44. The highest BCUT2D eigenvalue weighted by Crippen LogP contribution is 2.01. The fourth-order valence-electron chi connectivity index (χ4n) is 1.34. The van der Waals surface area contributed by atoms with Crippen molar-refractivity contribution in [2.45, 2.75) is 26.8 Å². The molecule has 0 unspecified atom stereocenters. The number of nitrogens with zero attached hydrogens (tertiary/aromatic N) is 1. The van der Waals surface area contributed by atoms with E-state index in [9.17, 15) is 9.59 Å². The minimum absolute atomic E-state index is 0.124. The predicted octanol–water partition coefficient (Wildman–Crippen LogP) is 1.26. The van der Waals surface area contributed by atoms with Gasteiger partial charge >= 0.3 is 5.97 Å². The van der Waals surface area contributed by atoms with Gasteiger partial charge in [0.1, 0.15) is 5.56 Å². The Balaban J connectivity index is 3.34. The molecule has 14 heavy (non-hydrogen) atoms. The third-order valence-electron chi connectivity index (χ3n) is 2.05. The van der Waals surface area contributed by atoms with Gasteiger partial charge in [-0.1, -0.05) is 6.92 Å². The molecule has 0 saturated heterocycles. The second-order valence-corrected chi connectivity index (χ2v) is 3.18. The van der Waals surface area contributed by atoms with Gasteiger partial charge in [0, 0.05) is 12.7 Å². The highest BCUT2D eigenvalue weighted by Gasteiger charge is 2.13. The van der Waals surface area contributed by atoms with Crippen LogP contribution in [0.1, 0.15) is 29.3 Å². The van der Waals surface area contributed by atoms with Crippen LogP contribution >= 0.6 is 0 Å². The van der Waals surface area contributed by atoms with Crippen LogP contribution in [-0.4, -0.2) is 15.6 Å². The molecule has 4 heteroatoms. The summed E-state index contributed by atoms with van der Waals surface area (Å²) in [7, 11) is 0. The van der Waals surface area contributed by atoms with Crippen LogP contribution in [0.4, 0.5) is 0 Å². The molecule has 0 radical (unpaired) electrons. The smallest absolute Gasteiger partial charge is 0.341 e. The molecule has 0 aromatic carbocycles. The number of hydrogen-bond donors (Lipinski definition) is 1. The normalized spacial score (nSPS) is 10.1. The van der Waals surface area contributed by atoms with Crippen LogP contribution in [0, 0.1) is 6.92 Å². The zero-order valence-corrected chi connectivity index (χ0v) is 8.28. The van der Waals surface area contributed by atoms with Gasteiger partial charge in [0.05, 0.1) is 0 Å². The Bertz CT molecular complexity index is 406. The quantitative estimate of drug-likeness (QED) is 0.790. The Morgan fingerprint density at radius 1 is 1.57 bits per heavy atom. The summed E-state index contributed by atoms with van der Waals surface area (Å²) in [5, 5.41) is 8.83. The Kier molecular flexibility index (Phi) is 3.06. The molecule has 1 N–H and O–H groups in total. The molecule has 0 atom stereocenters. The van der Waals surface area contributed by atoms with Crippen LogP contribution in [0.3, 0.4) is 0 Å². The van der Waals surface area contributed by atoms with Gasteiger partial charge in [-0.3, -0.25) is 4.79 Å². The SMILES string of the molecule is CCCn1ccc(C)c(C(=O)O)c1=O.